The third-order valence-corrected chi connectivity index (χ3v) is 7.95. The number of rotatable bonds is 11. The number of nitrogens with one attached hydrogen (secondary N) is 1. The van der Waals surface area contributed by atoms with E-state index in [9.17, 15) is 36.4 Å². The van der Waals surface area contributed by atoms with Crippen LogP contribution in [0.4, 0.5) is 13.2 Å². The van der Waals surface area contributed by atoms with Gasteiger partial charge in [-0.05, 0) is 51.1 Å². The zero-order valence-corrected chi connectivity index (χ0v) is 26.3. The van der Waals surface area contributed by atoms with Gasteiger partial charge in [-0.25, -0.2) is 17.8 Å². The van der Waals surface area contributed by atoms with Crippen LogP contribution in [0.15, 0.2) is 64.8 Å². The average Bonchev–Trinajstić information content (AvgIpc) is 3.42. The fraction of sp³-hybridized carbons (Fsp3) is 0.393. The highest BCUT2D eigenvalue weighted by Gasteiger charge is 2.41. The number of carbonyl (C=O) groups is 2. The van der Waals surface area contributed by atoms with Gasteiger partial charge in [-0.1, -0.05) is 43.7 Å². The van der Waals surface area contributed by atoms with Crippen LogP contribution in [0.5, 0.6) is 0 Å². The second-order valence-electron chi connectivity index (χ2n) is 10.8. The molecule has 0 radical (unpaired) electrons. The number of hydrogen-bond acceptors (Lipinski definition) is 9. The zero-order chi connectivity index (χ0) is 33.9. The van der Waals surface area contributed by atoms with Crippen molar-refractivity contribution in [2.24, 2.45) is 11.2 Å². The minimum absolute atomic E-state index is 0.119. The molecule has 17 heteroatoms. The molecule has 0 saturated heterocycles. The van der Waals surface area contributed by atoms with E-state index in [2.05, 4.69) is 10.4 Å². The molecule has 0 aliphatic heterocycles. The van der Waals surface area contributed by atoms with Crippen LogP contribution in [0, 0.1) is 18.0 Å². The summed E-state index contributed by atoms with van der Waals surface area (Å²) in [4.78, 5) is 29.0. The molecule has 0 aliphatic rings. The van der Waals surface area contributed by atoms with Crippen LogP contribution in [0.25, 0.3) is 16.9 Å². The number of aryl methyl sites for hydroxylation is 1. The first-order valence-corrected chi connectivity index (χ1v) is 14.9. The van der Waals surface area contributed by atoms with E-state index in [0.717, 1.165) is 40.5 Å². The SMILES string of the molecule is Cc1ccc(-c2cc(C(F)(F)F)nn2-c2ccc(S(=O)(=O)NC(=O)C(C)(C)N(C)/[N+]([O-])=N/OC(C)OC(=O)C(C)C)cc2)cc1. The fourth-order valence-corrected chi connectivity index (χ4v) is 4.67. The summed E-state index contributed by atoms with van der Waals surface area (Å²) in [6.07, 6.45) is -5.95. The van der Waals surface area contributed by atoms with E-state index in [1.165, 1.54) is 32.9 Å². The highest BCUT2D eigenvalue weighted by atomic mass is 32.2. The van der Waals surface area contributed by atoms with Gasteiger partial charge in [-0.15, -0.1) is 5.01 Å². The maximum absolute atomic E-state index is 13.5. The molecule has 0 fully saturated rings. The topological polar surface area (TPSA) is 158 Å². The largest absolute Gasteiger partial charge is 0.569 e. The van der Waals surface area contributed by atoms with Crippen molar-refractivity contribution in [2.75, 3.05) is 7.05 Å². The smallest absolute Gasteiger partial charge is 0.435 e. The summed E-state index contributed by atoms with van der Waals surface area (Å²) in [7, 11) is -3.36. The fourth-order valence-electron chi connectivity index (χ4n) is 3.56. The Morgan fingerprint density at radius 1 is 1.07 bits per heavy atom. The summed E-state index contributed by atoms with van der Waals surface area (Å²) >= 11 is 0. The van der Waals surface area contributed by atoms with Gasteiger partial charge in [0.2, 0.25) is 5.28 Å². The predicted octanol–water partition coefficient (Wildman–Crippen LogP) is 4.74. The molecule has 1 N–H and O–H groups in total. The van der Waals surface area contributed by atoms with Crippen LogP contribution < -0.4 is 4.72 Å². The van der Waals surface area contributed by atoms with Gasteiger partial charge in [0.15, 0.2) is 11.2 Å². The lowest BCUT2D eigenvalue weighted by atomic mass is 10.1. The molecule has 2 aromatic carbocycles. The van der Waals surface area contributed by atoms with Crippen LogP contribution in [-0.2, 0) is 35.4 Å². The summed E-state index contributed by atoms with van der Waals surface area (Å²) in [5.74, 6) is -2.16. The number of hydrogen-bond donors (Lipinski definition) is 1. The number of nitrogens with zero attached hydrogens (tertiary/aromatic N) is 5. The van der Waals surface area contributed by atoms with Gasteiger partial charge in [0.05, 0.1) is 34.2 Å². The Labute approximate surface area is 257 Å². The minimum atomic E-state index is -4.73. The number of hydrazine groups is 1. The molecular formula is C28H33F3N6O7S. The van der Waals surface area contributed by atoms with E-state index in [-0.39, 0.29) is 21.2 Å². The third-order valence-electron chi connectivity index (χ3n) is 6.61. The highest BCUT2D eigenvalue weighted by Crippen LogP contribution is 2.33. The quantitative estimate of drug-likeness (QED) is 0.101. The molecule has 1 atom stereocenters. The van der Waals surface area contributed by atoms with Crippen molar-refractivity contribution >= 4 is 21.9 Å². The van der Waals surface area contributed by atoms with Gasteiger partial charge in [-0.3, -0.25) is 14.4 Å². The summed E-state index contributed by atoms with van der Waals surface area (Å²) in [6, 6.07) is 12.3. The average molecular weight is 655 g/mol. The van der Waals surface area contributed by atoms with E-state index in [1.54, 1.807) is 38.1 Å². The Kier molecular flexibility index (Phi) is 10.2. The van der Waals surface area contributed by atoms with Crippen molar-refractivity contribution in [3.05, 3.63) is 71.1 Å². The van der Waals surface area contributed by atoms with Gasteiger partial charge in [-0.2, -0.15) is 18.3 Å². The van der Waals surface area contributed by atoms with Crippen LogP contribution >= 0.6 is 0 Å². The van der Waals surface area contributed by atoms with Crippen molar-refractivity contribution < 1.29 is 45.7 Å². The van der Waals surface area contributed by atoms with Crippen LogP contribution in [0.3, 0.4) is 0 Å². The summed E-state index contributed by atoms with van der Waals surface area (Å²) in [5, 5.41) is 20.1. The molecule has 1 aromatic heterocycles. The number of esters is 1. The lowest BCUT2D eigenvalue weighted by Gasteiger charge is -2.29. The molecule has 13 nitrogen and oxygen atoms in total. The first-order valence-electron chi connectivity index (χ1n) is 13.4. The molecule has 244 valence electrons. The second-order valence-corrected chi connectivity index (χ2v) is 12.5. The molecule has 3 rings (SSSR count). The van der Waals surface area contributed by atoms with Gasteiger partial charge in [0.25, 0.3) is 22.2 Å². The van der Waals surface area contributed by atoms with Crippen LogP contribution in [-0.4, -0.2) is 58.9 Å². The van der Waals surface area contributed by atoms with E-state index in [0.29, 0.717) is 5.56 Å². The van der Waals surface area contributed by atoms with Gasteiger partial charge >= 0.3 is 12.1 Å². The lowest BCUT2D eigenvalue weighted by molar-refractivity contribution is -0.718. The number of ether oxygens (including phenoxy) is 1. The van der Waals surface area contributed by atoms with Crippen molar-refractivity contribution in [3.8, 4) is 16.9 Å². The maximum Gasteiger partial charge on any atom is 0.435 e. The molecule has 0 bridgehead atoms. The van der Waals surface area contributed by atoms with Crippen LogP contribution in [0.2, 0.25) is 0 Å². The summed E-state index contributed by atoms with van der Waals surface area (Å²) in [5.41, 5.74) is -1.33. The lowest BCUT2D eigenvalue weighted by Crippen LogP contribution is -2.56. The number of aromatic nitrogens is 2. The van der Waals surface area contributed by atoms with Crippen LogP contribution in [0.1, 0.15) is 45.9 Å². The van der Waals surface area contributed by atoms with Gasteiger partial charge in [0.1, 0.15) is 0 Å². The normalized spacial score (nSPS) is 13.4. The first-order chi connectivity index (χ1) is 20.7. The second kappa shape index (κ2) is 13.1. The Bertz CT molecular complexity index is 1670. The molecule has 1 unspecified atom stereocenters. The number of halogens is 3. The number of likely N-dealkylation sites (N-methyl/N-ethyl adjacent to an activating group) is 1. The van der Waals surface area contributed by atoms with E-state index < -0.39 is 51.5 Å². The summed E-state index contributed by atoms with van der Waals surface area (Å²) in [6.45, 7) is 8.82. The van der Waals surface area contributed by atoms with Crippen molar-refractivity contribution in [1.29, 1.82) is 0 Å². The number of carbonyl (C=O) groups excluding carboxylic acids is 2. The van der Waals surface area contributed by atoms with Crippen molar-refractivity contribution in [3.63, 3.8) is 0 Å². The number of amides is 1. The monoisotopic (exact) mass is 654 g/mol. The number of sulfonamides is 1. The van der Waals surface area contributed by atoms with E-state index in [4.69, 9.17) is 9.57 Å². The van der Waals surface area contributed by atoms with Gasteiger partial charge in [0, 0.05) is 12.5 Å². The Hall–Kier alpha value is -4.67. The molecular weight excluding hydrogens is 621 g/mol. The third kappa shape index (κ3) is 8.29. The van der Waals surface area contributed by atoms with Gasteiger partial charge < -0.3 is 9.94 Å². The van der Waals surface area contributed by atoms with Crippen molar-refractivity contribution in [1.82, 2.24) is 19.5 Å². The molecule has 0 saturated carbocycles. The molecule has 0 aliphatic carbocycles. The Morgan fingerprint density at radius 2 is 1.64 bits per heavy atom. The van der Waals surface area contributed by atoms with E-state index in [1.807, 2.05) is 11.6 Å². The van der Waals surface area contributed by atoms with Crippen molar-refractivity contribution in [2.45, 2.75) is 64.4 Å². The molecule has 45 heavy (non-hydrogen) atoms. The maximum atomic E-state index is 13.5. The Balaban J connectivity index is 1.80. The number of benzene rings is 2. The zero-order valence-electron chi connectivity index (χ0n) is 25.5. The standard InChI is InChI=1S/C28H33F3N6O7S/c1-17(2)25(38)43-19(4)44-34-37(40)35(7)27(5,6)26(39)33-45(41,42)22-14-12-21(13-15-22)36-23(16-24(32-36)28(29,30)31)20-10-8-18(3)9-11-20/h8-17,19H,1-7H3,(H,33,39)/b37-34-. The summed E-state index contributed by atoms with van der Waals surface area (Å²) < 4.78 is 74.5. The Morgan fingerprint density at radius 3 is 2.18 bits per heavy atom. The molecule has 0 spiro atoms. The molecule has 3 aromatic rings. The van der Waals surface area contributed by atoms with E-state index >= 15 is 0 Å². The highest BCUT2D eigenvalue weighted by molar-refractivity contribution is 7.90. The molecule has 1 heterocycles. The minimum Gasteiger partial charge on any atom is -0.569 e. The molecule has 1 amide bonds. The predicted molar refractivity (Wildman–Crippen MR) is 153 cm³/mol. The first kappa shape index (κ1) is 34.8. The number of alkyl halides is 3.